The molecule has 2 aromatic carbocycles. The summed E-state index contributed by atoms with van der Waals surface area (Å²) in [5, 5.41) is 15.4. The largest absolute Gasteiger partial charge is 0.465 e. The molecular weight excluding hydrogens is 354 g/mol. The first kappa shape index (κ1) is 16.7. The lowest BCUT2D eigenvalue weighted by atomic mass is 9.97. The molecule has 140 valence electrons. The Morgan fingerprint density at radius 3 is 2.71 bits per heavy atom. The van der Waals surface area contributed by atoms with Gasteiger partial charge < -0.3 is 9.64 Å². The van der Waals surface area contributed by atoms with Gasteiger partial charge in [-0.2, -0.15) is 4.52 Å². The SMILES string of the molecule is COC(=O)c1ccc2c(c1)CN(c1nn3c(C)nnc3c3ccccc13)CC2. The zero-order valence-electron chi connectivity index (χ0n) is 15.7. The molecule has 28 heavy (non-hydrogen) atoms. The normalized spacial score (nSPS) is 13.7. The number of hydrogen-bond acceptors (Lipinski definition) is 6. The number of carbonyl (C=O) groups is 1. The van der Waals surface area contributed by atoms with Crippen molar-refractivity contribution in [2.24, 2.45) is 0 Å². The van der Waals surface area contributed by atoms with Gasteiger partial charge in [-0.05, 0) is 36.6 Å². The highest BCUT2D eigenvalue weighted by molar-refractivity contribution is 6.00. The Morgan fingerprint density at radius 1 is 1.07 bits per heavy atom. The number of esters is 1. The van der Waals surface area contributed by atoms with Gasteiger partial charge in [0, 0.05) is 23.9 Å². The van der Waals surface area contributed by atoms with Crippen LogP contribution < -0.4 is 4.90 Å². The van der Waals surface area contributed by atoms with Crippen LogP contribution in [-0.2, 0) is 17.7 Å². The van der Waals surface area contributed by atoms with E-state index in [9.17, 15) is 4.79 Å². The Kier molecular flexibility index (Phi) is 3.75. The second-order valence-electron chi connectivity index (χ2n) is 7.00. The number of aryl methyl sites for hydroxylation is 1. The molecule has 0 spiro atoms. The minimum atomic E-state index is -0.315. The van der Waals surface area contributed by atoms with Crippen LogP contribution in [0.15, 0.2) is 42.5 Å². The zero-order valence-corrected chi connectivity index (χ0v) is 15.7. The maximum atomic E-state index is 11.9. The van der Waals surface area contributed by atoms with E-state index < -0.39 is 0 Å². The molecule has 0 amide bonds. The van der Waals surface area contributed by atoms with E-state index in [4.69, 9.17) is 9.84 Å². The van der Waals surface area contributed by atoms with Crippen LogP contribution in [0.4, 0.5) is 5.82 Å². The van der Waals surface area contributed by atoms with Gasteiger partial charge in [-0.15, -0.1) is 15.3 Å². The quantitative estimate of drug-likeness (QED) is 0.503. The van der Waals surface area contributed by atoms with E-state index >= 15 is 0 Å². The number of nitrogens with zero attached hydrogens (tertiary/aromatic N) is 5. The average molecular weight is 373 g/mol. The Bertz CT molecular complexity index is 1230. The molecule has 1 aliphatic heterocycles. The van der Waals surface area contributed by atoms with E-state index in [1.807, 2.05) is 37.3 Å². The van der Waals surface area contributed by atoms with Gasteiger partial charge in [0.15, 0.2) is 17.3 Å². The number of carbonyl (C=O) groups excluding carboxylic acids is 1. The number of anilines is 1. The first-order chi connectivity index (χ1) is 13.7. The Labute approximate surface area is 161 Å². The summed E-state index contributed by atoms with van der Waals surface area (Å²) in [6.07, 6.45) is 0.895. The number of benzene rings is 2. The van der Waals surface area contributed by atoms with E-state index in [2.05, 4.69) is 27.2 Å². The highest BCUT2D eigenvalue weighted by atomic mass is 16.5. The molecule has 0 radical (unpaired) electrons. The molecule has 0 atom stereocenters. The van der Waals surface area contributed by atoms with Crippen molar-refractivity contribution in [3.8, 4) is 0 Å². The summed E-state index contributed by atoms with van der Waals surface area (Å²) in [5.74, 6) is 1.34. The molecule has 0 N–H and O–H groups in total. The predicted octanol–water partition coefficient (Wildman–Crippen LogP) is 2.94. The van der Waals surface area contributed by atoms with Crippen LogP contribution in [0, 0.1) is 6.92 Å². The number of ether oxygens (including phenoxy) is 1. The van der Waals surface area contributed by atoms with Gasteiger partial charge in [0.25, 0.3) is 0 Å². The molecule has 5 rings (SSSR count). The summed E-state index contributed by atoms with van der Waals surface area (Å²) in [4.78, 5) is 14.2. The molecule has 7 nitrogen and oxygen atoms in total. The first-order valence-corrected chi connectivity index (χ1v) is 9.21. The van der Waals surface area contributed by atoms with Gasteiger partial charge in [-0.3, -0.25) is 0 Å². The first-order valence-electron chi connectivity index (χ1n) is 9.21. The van der Waals surface area contributed by atoms with Crippen molar-refractivity contribution >= 4 is 28.2 Å². The number of methoxy groups -OCH3 is 1. The molecule has 3 heterocycles. The summed E-state index contributed by atoms with van der Waals surface area (Å²) in [7, 11) is 1.40. The molecule has 0 saturated carbocycles. The van der Waals surface area contributed by atoms with Crippen LogP contribution in [0.25, 0.3) is 16.4 Å². The van der Waals surface area contributed by atoms with E-state index in [1.54, 1.807) is 4.52 Å². The van der Waals surface area contributed by atoms with Crippen molar-refractivity contribution in [3.63, 3.8) is 0 Å². The van der Waals surface area contributed by atoms with Crippen LogP contribution in [0.3, 0.4) is 0 Å². The van der Waals surface area contributed by atoms with Gasteiger partial charge in [-0.25, -0.2) is 4.79 Å². The van der Waals surface area contributed by atoms with Crippen molar-refractivity contribution in [1.29, 1.82) is 0 Å². The third kappa shape index (κ3) is 2.51. The lowest BCUT2D eigenvalue weighted by molar-refractivity contribution is 0.0600. The fourth-order valence-corrected chi connectivity index (χ4v) is 3.88. The maximum Gasteiger partial charge on any atom is 0.337 e. The monoisotopic (exact) mass is 373 g/mol. The molecule has 0 saturated heterocycles. The van der Waals surface area contributed by atoms with Crippen molar-refractivity contribution in [3.05, 3.63) is 65.0 Å². The van der Waals surface area contributed by atoms with E-state index in [0.717, 1.165) is 46.6 Å². The summed E-state index contributed by atoms with van der Waals surface area (Å²) < 4.78 is 6.67. The standard InChI is InChI=1S/C21H19N5O2/c1-13-22-23-19-17-5-3-4-6-18(17)20(24-26(13)19)25-10-9-14-7-8-15(21(27)28-2)11-16(14)12-25/h3-8,11H,9-10,12H2,1-2H3. The summed E-state index contributed by atoms with van der Waals surface area (Å²) in [5.41, 5.74) is 3.73. The summed E-state index contributed by atoms with van der Waals surface area (Å²) in [6, 6.07) is 13.9. The number of aromatic nitrogens is 4. The molecule has 0 fully saturated rings. The van der Waals surface area contributed by atoms with Crippen LogP contribution >= 0.6 is 0 Å². The minimum absolute atomic E-state index is 0.315. The highest BCUT2D eigenvalue weighted by Crippen LogP contribution is 2.31. The van der Waals surface area contributed by atoms with Gasteiger partial charge in [-0.1, -0.05) is 30.3 Å². The lowest BCUT2D eigenvalue weighted by Crippen LogP contribution is -2.32. The lowest BCUT2D eigenvalue weighted by Gasteiger charge is -2.30. The zero-order chi connectivity index (χ0) is 19.3. The Hall–Kier alpha value is -3.48. The van der Waals surface area contributed by atoms with Crippen molar-refractivity contribution in [1.82, 2.24) is 19.8 Å². The third-order valence-corrected chi connectivity index (χ3v) is 5.34. The third-order valence-electron chi connectivity index (χ3n) is 5.34. The van der Waals surface area contributed by atoms with Crippen LogP contribution in [0.1, 0.15) is 27.3 Å². The average Bonchev–Trinajstić information content (AvgIpc) is 3.12. The van der Waals surface area contributed by atoms with Crippen molar-refractivity contribution in [2.45, 2.75) is 19.9 Å². The predicted molar refractivity (Wildman–Crippen MR) is 106 cm³/mol. The maximum absolute atomic E-state index is 11.9. The smallest absolute Gasteiger partial charge is 0.337 e. The number of rotatable bonds is 2. The van der Waals surface area contributed by atoms with Gasteiger partial charge >= 0.3 is 5.97 Å². The van der Waals surface area contributed by atoms with Gasteiger partial charge in [0.1, 0.15) is 0 Å². The minimum Gasteiger partial charge on any atom is -0.465 e. The highest BCUT2D eigenvalue weighted by Gasteiger charge is 2.22. The molecule has 7 heteroatoms. The van der Waals surface area contributed by atoms with Crippen LogP contribution in [0.5, 0.6) is 0 Å². The molecule has 0 unspecified atom stereocenters. The Morgan fingerprint density at radius 2 is 1.89 bits per heavy atom. The molecule has 2 aromatic heterocycles. The van der Waals surface area contributed by atoms with Crippen LogP contribution in [-0.4, -0.2) is 39.4 Å². The molecular formula is C21H19N5O2. The second kappa shape index (κ2) is 6.30. The fourth-order valence-electron chi connectivity index (χ4n) is 3.88. The van der Waals surface area contributed by atoms with E-state index in [0.29, 0.717) is 12.1 Å². The summed E-state index contributed by atoms with van der Waals surface area (Å²) >= 11 is 0. The number of hydrogen-bond donors (Lipinski definition) is 0. The molecule has 4 aromatic rings. The van der Waals surface area contributed by atoms with Crippen LogP contribution in [0.2, 0.25) is 0 Å². The fraction of sp³-hybridized carbons (Fsp3) is 0.238. The van der Waals surface area contributed by atoms with E-state index in [1.165, 1.54) is 12.7 Å². The Balaban J connectivity index is 1.63. The molecule has 1 aliphatic rings. The van der Waals surface area contributed by atoms with Crippen molar-refractivity contribution in [2.75, 3.05) is 18.6 Å². The second-order valence-corrected chi connectivity index (χ2v) is 7.00. The molecule has 0 aliphatic carbocycles. The topological polar surface area (TPSA) is 72.6 Å². The van der Waals surface area contributed by atoms with Crippen molar-refractivity contribution < 1.29 is 9.53 Å². The summed E-state index contributed by atoms with van der Waals surface area (Å²) in [6.45, 7) is 3.44. The van der Waals surface area contributed by atoms with E-state index in [-0.39, 0.29) is 5.97 Å². The van der Waals surface area contributed by atoms with Gasteiger partial charge in [0.05, 0.1) is 12.7 Å². The van der Waals surface area contributed by atoms with Gasteiger partial charge in [0.2, 0.25) is 0 Å². The molecule has 0 bridgehead atoms. The number of fused-ring (bicyclic) bond motifs is 4.